The first-order chi connectivity index (χ1) is 9.34. The van der Waals surface area contributed by atoms with Crippen LogP contribution in [0.2, 0.25) is 0 Å². The first kappa shape index (κ1) is 15.9. The molecule has 1 aliphatic carbocycles. The van der Waals surface area contributed by atoms with E-state index in [0.29, 0.717) is 11.5 Å². The van der Waals surface area contributed by atoms with Gasteiger partial charge in [-0.1, -0.05) is 43.1 Å². The Morgan fingerprint density at radius 2 is 1.80 bits per heavy atom. The highest BCUT2D eigenvalue weighted by Crippen LogP contribution is 2.37. The van der Waals surface area contributed by atoms with E-state index in [2.05, 4.69) is 67.1 Å². The van der Waals surface area contributed by atoms with Crippen LogP contribution < -0.4 is 5.32 Å². The highest BCUT2D eigenvalue weighted by molar-refractivity contribution is 9.10. The molecule has 0 bridgehead atoms. The van der Waals surface area contributed by atoms with Crippen LogP contribution in [0, 0.1) is 18.3 Å². The predicted octanol–water partition coefficient (Wildman–Crippen LogP) is 6.16. The molecule has 20 heavy (non-hydrogen) atoms. The molecule has 1 nitrogen and oxygen atoms in total. The molecule has 0 heterocycles. The van der Waals surface area contributed by atoms with Crippen LogP contribution in [0.5, 0.6) is 0 Å². The summed E-state index contributed by atoms with van der Waals surface area (Å²) in [6.45, 7) is 9.33. The van der Waals surface area contributed by atoms with Gasteiger partial charge in [0.2, 0.25) is 0 Å². The van der Waals surface area contributed by atoms with Crippen molar-refractivity contribution in [2.75, 3.05) is 5.32 Å². The van der Waals surface area contributed by atoms with Crippen LogP contribution in [0.1, 0.15) is 58.4 Å². The fourth-order valence-electron chi connectivity index (χ4n) is 3.37. The van der Waals surface area contributed by atoms with E-state index in [1.807, 2.05) is 0 Å². The summed E-state index contributed by atoms with van der Waals surface area (Å²) in [5, 5.41) is 3.74. The normalized spacial score (nSPS) is 24.2. The molecule has 0 saturated heterocycles. The van der Waals surface area contributed by atoms with E-state index < -0.39 is 0 Å². The van der Waals surface area contributed by atoms with Gasteiger partial charge >= 0.3 is 0 Å². The first-order valence-electron chi connectivity index (χ1n) is 7.88. The van der Waals surface area contributed by atoms with E-state index >= 15 is 0 Å². The van der Waals surface area contributed by atoms with Crippen LogP contribution in [-0.4, -0.2) is 6.04 Å². The van der Waals surface area contributed by atoms with E-state index in [1.165, 1.54) is 47.8 Å². The highest BCUT2D eigenvalue weighted by atomic mass is 79.9. The smallest absolute Gasteiger partial charge is 0.0356 e. The van der Waals surface area contributed by atoms with E-state index in [4.69, 9.17) is 0 Å². The minimum atomic E-state index is 0.460. The molecule has 1 fully saturated rings. The van der Waals surface area contributed by atoms with Gasteiger partial charge in [0.1, 0.15) is 0 Å². The predicted molar refractivity (Wildman–Crippen MR) is 92.3 cm³/mol. The van der Waals surface area contributed by atoms with Crippen molar-refractivity contribution >= 4 is 21.6 Å². The second-order valence-electron chi connectivity index (χ2n) is 7.43. The summed E-state index contributed by atoms with van der Waals surface area (Å²) in [6.07, 6.45) is 6.70. The molecule has 0 spiro atoms. The van der Waals surface area contributed by atoms with Crippen molar-refractivity contribution in [3.05, 3.63) is 28.2 Å². The lowest BCUT2D eigenvalue weighted by Gasteiger charge is -2.29. The van der Waals surface area contributed by atoms with Crippen molar-refractivity contribution in [3.8, 4) is 0 Å². The van der Waals surface area contributed by atoms with Crippen LogP contribution >= 0.6 is 15.9 Å². The van der Waals surface area contributed by atoms with Gasteiger partial charge in [-0.05, 0) is 67.7 Å². The summed E-state index contributed by atoms with van der Waals surface area (Å²) in [5.41, 5.74) is 3.03. The zero-order chi connectivity index (χ0) is 14.8. The fourth-order valence-corrected chi connectivity index (χ4v) is 3.98. The topological polar surface area (TPSA) is 12.0 Å². The maximum Gasteiger partial charge on any atom is 0.0356 e. The van der Waals surface area contributed by atoms with Crippen LogP contribution in [0.15, 0.2) is 22.7 Å². The lowest BCUT2D eigenvalue weighted by Crippen LogP contribution is -2.21. The van der Waals surface area contributed by atoms with Crippen molar-refractivity contribution in [1.82, 2.24) is 0 Å². The molecule has 1 N–H and O–H groups in total. The van der Waals surface area contributed by atoms with Crippen molar-refractivity contribution in [1.29, 1.82) is 0 Å². The standard InChI is InChI=1S/C18H28BrN/c1-13-10-15(19)12-17(11-13)20-16-7-5-6-14(8-9-16)18(2,3)4/h10-12,14,16,20H,5-9H2,1-4H3. The maximum atomic E-state index is 3.74. The Kier molecular flexibility index (Phi) is 5.17. The number of aryl methyl sites for hydroxylation is 1. The molecule has 1 aliphatic rings. The van der Waals surface area contributed by atoms with Crippen LogP contribution in [0.3, 0.4) is 0 Å². The summed E-state index contributed by atoms with van der Waals surface area (Å²) in [5.74, 6) is 0.874. The first-order valence-corrected chi connectivity index (χ1v) is 8.67. The van der Waals surface area contributed by atoms with Crippen molar-refractivity contribution in [2.24, 2.45) is 11.3 Å². The molecule has 0 radical (unpaired) electrons. The Bertz CT molecular complexity index is 427. The number of hydrogen-bond acceptors (Lipinski definition) is 1. The Labute approximate surface area is 132 Å². The zero-order valence-electron chi connectivity index (χ0n) is 13.3. The monoisotopic (exact) mass is 337 g/mol. The Balaban J connectivity index is 1.97. The van der Waals surface area contributed by atoms with Gasteiger partial charge in [0.25, 0.3) is 0 Å². The lowest BCUT2D eigenvalue weighted by molar-refractivity contribution is 0.214. The Hall–Kier alpha value is -0.500. The van der Waals surface area contributed by atoms with E-state index in [0.717, 1.165) is 5.92 Å². The zero-order valence-corrected chi connectivity index (χ0v) is 14.9. The Morgan fingerprint density at radius 3 is 2.45 bits per heavy atom. The van der Waals surface area contributed by atoms with Gasteiger partial charge in [0.15, 0.2) is 0 Å². The molecule has 2 atom stereocenters. The largest absolute Gasteiger partial charge is 0.382 e. The molecular formula is C18H28BrN. The molecular weight excluding hydrogens is 310 g/mol. The van der Waals surface area contributed by atoms with Gasteiger partial charge in [-0.15, -0.1) is 0 Å². The molecule has 2 unspecified atom stereocenters. The van der Waals surface area contributed by atoms with Gasteiger partial charge in [0.05, 0.1) is 0 Å². The van der Waals surface area contributed by atoms with Crippen molar-refractivity contribution < 1.29 is 0 Å². The van der Waals surface area contributed by atoms with Gasteiger partial charge in [-0.2, -0.15) is 0 Å². The lowest BCUT2D eigenvalue weighted by atomic mass is 9.76. The molecule has 1 saturated carbocycles. The average Bonchev–Trinajstić information content (AvgIpc) is 2.52. The van der Waals surface area contributed by atoms with Crippen LogP contribution in [-0.2, 0) is 0 Å². The second kappa shape index (κ2) is 6.51. The quantitative estimate of drug-likeness (QED) is 0.636. The molecule has 1 aromatic rings. The van der Waals surface area contributed by atoms with Crippen LogP contribution in [0.4, 0.5) is 5.69 Å². The number of halogens is 1. The third-order valence-electron chi connectivity index (χ3n) is 4.61. The Morgan fingerprint density at radius 1 is 1.05 bits per heavy atom. The number of anilines is 1. The van der Waals surface area contributed by atoms with E-state index in [9.17, 15) is 0 Å². The summed E-state index contributed by atoms with van der Waals surface area (Å²) in [4.78, 5) is 0. The average molecular weight is 338 g/mol. The van der Waals surface area contributed by atoms with Gasteiger partial charge < -0.3 is 5.32 Å². The molecule has 112 valence electrons. The fraction of sp³-hybridized carbons (Fsp3) is 0.667. The number of rotatable bonds is 2. The molecule has 2 rings (SSSR count). The minimum Gasteiger partial charge on any atom is -0.382 e. The summed E-state index contributed by atoms with van der Waals surface area (Å²) in [7, 11) is 0. The maximum absolute atomic E-state index is 3.74. The third-order valence-corrected chi connectivity index (χ3v) is 5.06. The summed E-state index contributed by atoms with van der Waals surface area (Å²) < 4.78 is 1.17. The second-order valence-corrected chi connectivity index (χ2v) is 8.35. The SMILES string of the molecule is Cc1cc(Br)cc(NC2CCCC(C(C)(C)C)CC2)c1. The summed E-state index contributed by atoms with van der Waals surface area (Å²) >= 11 is 3.59. The number of hydrogen-bond donors (Lipinski definition) is 1. The minimum absolute atomic E-state index is 0.460. The number of nitrogens with one attached hydrogen (secondary N) is 1. The van der Waals surface area contributed by atoms with Crippen molar-refractivity contribution in [2.45, 2.75) is 65.8 Å². The van der Waals surface area contributed by atoms with Gasteiger partial charge in [-0.25, -0.2) is 0 Å². The molecule has 0 amide bonds. The van der Waals surface area contributed by atoms with Gasteiger partial charge in [0, 0.05) is 16.2 Å². The summed E-state index contributed by atoms with van der Waals surface area (Å²) in [6, 6.07) is 7.24. The third kappa shape index (κ3) is 4.51. The molecule has 0 aromatic heterocycles. The number of benzene rings is 1. The molecule has 1 aromatic carbocycles. The molecule has 0 aliphatic heterocycles. The van der Waals surface area contributed by atoms with Crippen molar-refractivity contribution in [3.63, 3.8) is 0 Å². The van der Waals surface area contributed by atoms with Gasteiger partial charge in [-0.3, -0.25) is 0 Å². The molecule has 2 heteroatoms. The van der Waals surface area contributed by atoms with Crippen LogP contribution in [0.25, 0.3) is 0 Å². The highest BCUT2D eigenvalue weighted by Gasteiger charge is 2.27. The van der Waals surface area contributed by atoms with E-state index in [1.54, 1.807) is 0 Å². The van der Waals surface area contributed by atoms with E-state index in [-0.39, 0.29) is 0 Å².